The molecule has 4 atom stereocenters. The molecule has 6 rings (SSSR count). The first kappa shape index (κ1) is 38.1. The molecule has 12 nitrogen and oxygen atoms in total. The highest BCUT2D eigenvalue weighted by Crippen LogP contribution is 2.47. The van der Waals surface area contributed by atoms with Gasteiger partial charge in [-0.15, -0.1) is 0 Å². The van der Waals surface area contributed by atoms with Gasteiger partial charge in [0.05, 0.1) is 36.5 Å². The number of anilines is 1. The van der Waals surface area contributed by atoms with Crippen LogP contribution in [0.4, 0.5) is 10.5 Å². The van der Waals surface area contributed by atoms with Crippen molar-refractivity contribution in [1.82, 2.24) is 4.72 Å². The van der Waals surface area contributed by atoms with Crippen molar-refractivity contribution in [3.05, 3.63) is 64.7 Å². The summed E-state index contributed by atoms with van der Waals surface area (Å²) in [4.78, 5) is 40.0. The number of rotatable bonds is 5. The fourth-order valence-corrected chi connectivity index (χ4v) is 8.80. The second kappa shape index (κ2) is 15.4. The molecule has 282 valence electrons. The molecule has 14 heteroatoms. The van der Waals surface area contributed by atoms with Crippen LogP contribution in [0.2, 0.25) is 5.02 Å². The van der Waals surface area contributed by atoms with E-state index in [4.69, 9.17) is 35.3 Å². The molecule has 0 unspecified atom stereocenters. The summed E-state index contributed by atoms with van der Waals surface area (Å²) in [5.41, 5.74) is 1.06. The van der Waals surface area contributed by atoms with Crippen LogP contribution in [0.1, 0.15) is 64.5 Å². The summed E-state index contributed by atoms with van der Waals surface area (Å²) >= 11 is 6.42. The van der Waals surface area contributed by atoms with Gasteiger partial charge in [-0.2, -0.15) is 0 Å². The Morgan fingerprint density at radius 1 is 1.13 bits per heavy atom. The standard InChI is InChI=1S/C38H47ClN2O10S/c1-24(2)20-48-36(44)51-34(42)21-47-32-8-6-16-50-37(3,4)35(43)40-52(45,46)28-11-14-33-31(18-28)41(19-26-9-12-29(26)32)22-38(23-49-33)15-5-7-25-17-27(39)10-13-30(25)38/h6,8,10-11,13-14,17-18,24,26,29,32H,5,7,9,12,15-16,19-23H2,1-4H3,(H,40,43)/t26-,29+,32-,38-/m0/s1. The van der Waals surface area contributed by atoms with Crippen LogP contribution in [-0.4, -0.2) is 77.7 Å². The van der Waals surface area contributed by atoms with Crippen LogP contribution < -0.4 is 14.4 Å². The number of sulfonamides is 1. The molecule has 2 heterocycles. The largest absolute Gasteiger partial charge is 0.516 e. The Morgan fingerprint density at radius 2 is 1.94 bits per heavy atom. The van der Waals surface area contributed by atoms with Crippen molar-refractivity contribution >= 4 is 45.3 Å². The van der Waals surface area contributed by atoms with Gasteiger partial charge in [0.2, 0.25) is 0 Å². The molecule has 2 aliphatic carbocycles. The number of carbonyl (C=O) groups is 3. The van der Waals surface area contributed by atoms with Crippen molar-refractivity contribution in [3.63, 3.8) is 0 Å². The lowest BCUT2D eigenvalue weighted by Crippen LogP contribution is -2.50. The molecule has 52 heavy (non-hydrogen) atoms. The van der Waals surface area contributed by atoms with Gasteiger partial charge in [-0.3, -0.25) is 4.79 Å². The van der Waals surface area contributed by atoms with E-state index >= 15 is 0 Å². The normalized spacial score (nSPS) is 26.5. The zero-order chi connectivity index (χ0) is 37.3. The molecular weight excluding hydrogens is 712 g/mol. The van der Waals surface area contributed by atoms with Crippen LogP contribution in [-0.2, 0) is 50.4 Å². The summed E-state index contributed by atoms with van der Waals surface area (Å²) in [6.45, 7) is 7.82. The Labute approximate surface area is 310 Å². The SMILES string of the molecule is CC(C)COC(=O)OC(=O)CO[C@H]1C=CCOC(C)(C)C(=O)NS(=O)(=O)c2ccc3c(c2)N(C[C@@H]2CC[C@H]21)C[C@@]1(CCCc2cc(Cl)ccc21)CO3. The monoisotopic (exact) mass is 758 g/mol. The second-order valence-electron chi connectivity index (χ2n) is 15.1. The molecule has 1 spiro atoms. The Kier molecular flexibility index (Phi) is 11.3. The lowest BCUT2D eigenvalue weighted by Gasteiger charge is -2.46. The van der Waals surface area contributed by atoms with Crippen LogP contribution in [0, 0.1) is 17.8 Å². The summed E-state index contributed by atoms with van der Waals surface area (Å²) in [5.74, 6) is -1.02. The lowest BCUT2D eigenvalue weighted by atomic mass is 9.68. The highest BCUT2D eigenvalue weighted by Gasteiger charge is 2.45. The third-order valence-corrected chi connectivity index (χ3v) is 12.0. The number of esters is 1. The minimum Gasteiger partial charge on any atom is -0.490 e. The first-order valence-electron chi connectivity index (χ1n) is 17.8. The molecule has 2 bridgehead atoms. The molecule has 0 aromatic heterocycles. The van der Waals surface area contributed by atoms with E-state index in [1.54, 1.807) is 24.3 Å². The maximum Gasteiger partial charge on any atom is 0.516 e. The number of fused-ring (bicyclic) bond motifs is 4. The van der Waals surface area contributed by atoms with E-state index in [1.165, 1.54) is 31.0 Å². The average molecular weight is 759 g/mol. The molecular formula is C38H47ClN2O10S. The quantitative estimate of drug-likeness (QED) is 0.227. The van der Waals surface area contributed by atoms with Crippen molar-refractivity contribution in [2.24, 2.45) is 17.8 Å². The Hall–Kier alpha value is -3.65. The van der Waals surface area contributed by atoms with Gasteiger partial charge in [-0.05, 0) is 105 Å². The number of benzene rings is 2. The molecule has 2 aromatic carbocycles. The molecule has 1 fully saturated rings. The minimum atomic E-state index is -4.27. The highest BCUT2D eigenvalue weighted by molar-refractivity contribution is 7.90. The van der Waals surface area contributed by atoms with Crippen LogP contribution in [0.5, 0.6) is 5.75 Å². The van der Waals surface area contributed by atoms with Crippen LogP contribution >= 0.6 is 11.6 Å². The van der Waals surface area contributed by atoms with E-state index < -0.39 is 51.8 Å². The van der Waals surface area contributed by atoms with Crippen LogP contribution in [0.25, 0.3) is 0 Å². The first-order chi connectivity index (χ1) is 24.7. The number of amides is 1. The van der Waals surface area contributed by atoms with Crippen molar-refractivity contribution in [2.45, 2.75) is 81.8 Å². The fraction of sp³-hybridized carbons (Fsp3) is 0.553. The molecule has 2 aromatic rings. The van der Waals surface area contributed by atoms with Crippen LogP contribution in [0.15, 0.2) is 53.4 Å². The Bertz CT molecular complexity index is 1830. The van der Waals surface area contributed by atoms with Crippen molar-refractivity contribution in [1.29, 1.82) is 0 Å². The highest BCUT2D eigenvalue weighted by atomic mass is 35.5. The van der Waals surface area contributed by atoms with Gasteiger partial charge in [-0.1, -0.05) is 43.7 Å². The molecule has 0 radical (unpaired) electrons. The van der Waals surface area contributed by atoms with E-state index in [0.717, 1.165) is 32.1 Å². The molecule has 1 N–H and O–H groups in total. The number of nitrogens with one attached hydrogen (secondary N) is 1. The predicted molar refractivity (Wildman–Crippen MR) is 193 cm³/mol. The zero-order valence-corrected chi connectivity index (χ0v) is 31.6. The van der Waals surface area contributed by atoms with Crippen molar-refractivity contribution in [2.75, 3.05) is 44.4 Å². The Morgan fingerprint density at radius 3 is 2.69 bits per heavy atom. The summed E-state index contributed by atoms with van der Waals surface area (Å²) in [6.07, 6.45) is 6.25. The van der Waals surface area contributed by atoms with Crippen molar-refractivity contribution < 1.29 is 46.5 Å². The Balaban J connectivity index is 1.34. The maximum absolute atomic E-state index is 13.6. The molecule has 4 aliphatic rings. The summed E-state index contributed by atoms with van der Waals surface area (Å²) in [5, 5.41) is 0.678. The van der Waals surface area contributed by atoms with Gasteiger partial charge >= 0.3 is 12.1 Å². The number of carbonyl (C=O) groups excluding carboxylic acids is 3. The summed E-state index contributed by atoms with van der Waals surface area (Å²) < 4.78 is 57.7. The number of hydrogen-bond donors (Lipinski definition) is 1. The first-order valence-corrected chi connectivity index (χ1v) is 19.7. The van der Waals surface area contributed by atoms with Gasteiger partial charge < -0.3 is 28.6 Å². The van der Waals surface area contributed by atoms with E-state index in [2.05, 4.69) is 15.7 Å². The smallest absolute Gasteiger partial charge is 0.490 e. The van der Waals surface area contributed by atoms with E-state index in [9.17, 15) is 22.8 Å². The lowest BCUT2D eigenvalue weighted by molar-refractivity contribution is -0.148. The number of halogens is 1. The summed E-state index contributed by atoms with van der Waals surface area (Å²) in [6, 6.07) is 10.7. The third kappa shape index (κ3) is 8.43. The van der Waals surface area contributed by atoms with Gasteiger partial charge in [0, 0.05) is 23.5 Å². The van der Waals surface area contributed by atoms with Gasteiger partial charge in [0.15, 0.2) is 0 Å². The molecule has 2 aliphatic heterocycles. The van der Waals surface area contributed by atoms with E-state index in [-0.39, 0.29) is 35.9 Å². The van der Waals surface area contributed by atoms with E-state index in [1.807, 2.05) is 26.0 Å². The summed E-state index contributed by atoms with van der Waals surface area (Å²) in [7, 11) is -4.27. The van der Waals surface area contributed by atoms with Crippen LogP contribution in [0.3, 0.4) is 0 Å². The number of aryl methyl sites for hydroxylation is 1. The van der Waals surface area contributed by atoms with Gasteiger partial charge in [0.1, 0.15) is 18.0 Å². The topological polar surface area (TPSA) is 147 Å². The van der Waals surface area contributed by atoms with Gasteiger partial charge in [-0.25, -0.2) is 22.7 Å². The molecule has 1 saturated carbocycles. The van der Waals surface area contributed by atoms with E-state index in [0.29, 0.717) is 36.2 Å². The fourth-order valence-electron chi connectivity index (χ4n) is 7.49. The molecule has 1 amide bonds. The van der Waals surface area contributed by atoms with Crippen molar-refractivity contribution in [3.8, 4) is 5.75 Å². The minimum absolute atomic E-state index is 0.0298. The number of nitrogens with zero attached hydrogens (tertiary/aromatic N) is 1. The number of ether oxygens (including phenoxy) is 5. The third-order valence-electron chi connectivity index (χ3n) is 10.4. The average Bonchev–Trinajstić information content (AvgIpc) is 3.22. The van der Waals surface area contributed by atoms with Gasteiger partial charge in [0.25, 0.3) is 15.9 Å². The maximum atomic E-state index is 13.6. The molecule has 0 saturated heterocycles. The number of hydrogen-bond acceptors (Lipinski definition) is 11. The second-order valence-corrected chi connectivity index (χ2v) is 17.2. The predicted octanol–water partition coefficient (Wildman–Crippen LogP) is 5.73. The zero-order valence-electron chi connectivity index (χ0n) is 30.0.